The van der Waals surface area contributed by atoms with E-state index < -0.39 is 0 Å². The molecule has 0 aromatic carbocycles. The molecule has 0 spiro atoms. The molecule has 3 rings (SSSR count). The average Bonchev–Trinajstić information content (AvgIpc) is 2.93. The summed E-state index contributed by atoms with van der Waals surface area (Å²) in [4.78, 5) is 25.3. The summed E-state index contributed by atoms with van der Waals surface area (Å²) in [6, 6.07) is 7.14. The molecule has 3 heterocycles. The number of thioether (sulfide) groups is 1. The molecule has 9 heteroatoms. The fraction of sp³-hybridized carbons (Fsp3) is 0.235. The van der Waals surface area contributed by atoms with Crippen LogP contribution in [0, 0.1) is 20.8 Å². The van der Waals surface area contributed by atoms with Crippen LogP contribution in [0.3, 0.4) is 0 Å². The highest BCUT2D eigenvalue weighted by Gasteiger charge is 2.14. The minimum Gasteiger partial charge on any atom is -0.310 e. The number of hydrogen-bond donors (Lipinski definition) is 1. The van der Waals surface area contributed by atoms with E-state index in [1.54, 1.807) is 24.4 Å². The molecule has 134 valence electrons. The van der Waals surface area contributed by atoms with Crippen molar-refractivity contribution in [1.82, 2.24) is 24.7 Å². The van der Waals surface area contributed by atoms with E-state index in [1.165, 1.54) is 16.4 Å². The predicted molar refractivity (Wildman–Crippen MR) is 102 cm³/mol. The van der Waals surface area contributed by atoms with Gasteiger partial charge in [-0.25, -0.2) is 15.0 Å². The first-order valence-corrected chi connectivity index (χ1v) is 9.21. The number of carbonyl (C=O) groups is 1. The summed E-state index contributed by atoms with van der Waals surface area (Å²) in [5.74, 6) is 0.924. The SMILES string of the molecule is Cc1cc(C)nc(-n2nc(C)cc2NC(=O)CSc2ncccc2Cl)n1. The number of anilines is 1. The van der Waals surface area contributed by atoms with Gasteiger partial charge in [-0.15, -0.1) is 0 Å². The Hall–Kier alpha value is -2.45. The van der Waals surface area contributed by atoms with Crippen LogP contribution in [0.25, 0.3) is 5.95 Å². The normalized spacial score (nSPS) is 10.8. The minimum atomic E-state index is -0.192. The van der Waals surface area contributed by atoms with Crippen LogP contribution >= 0.6 is 23.4 Å². The number of pyridine rings is 1. The van der Waals surface area contributed by atoms with E-state index in [0.29, 0.717) is 21.8 Å². The quantitative estimate of drug-likeness (QED) is 0.674. The zero-order chi connectivity index (χ0) is 18.7. The van der Waals surface area contributed by atoms with Crippen molar-refractivity contribution in [3.8, 4) is 5.95 Å². The molecule has 0 saturated carbocycles. The van der Waals surface area contributed by atoms with Crippen LogP contribution in [0.5, 0.6) is 0 Å². The fourth-order valence-electron chi connectivity index (χ4n) is 2.33. The second-order valence-electron chi connectivity index (χ2n) is 5.66. The molecule has 26 heavy (non-hydrogen) atoms. The highest BCUT2D eigenvalue weighted by atomic mass is 35.5. The molecule has 0 saturated heterocycles. The average molecular weight is 389 g/mol. The topological polar surface area (TPSA) is 85.6 Å². The van der Waals surface area contributed by atoms with Crippen molar-refractivity contribution in [2.75, 3.05) is 11.1 Å². The van der Waals surface area contributed by atoms with Crippen LogP contribution < -0.4 is 5.32 Å². The largest absolute Gasteiger partial charge is 0.310 e. The molecular formula is C17H17ClN6OS. The van der Waals surface area contributed by atoms with E-state index in [2.05, 4.69) is 25.4 Å². The van der Waals surface area contributed by atoms with Crippen LogP contribution in [-0.2, 0) is 4.79 Å². The number of halogens is 1. The van der Waals surface area contributed by atoms with Gasteiger partial charge in [-0.1, -0.05) is 23.4 Å². The number of nitrogens with zero attached hydrogens (tertiary/aromatic N) is 5. The summed E-state index contributed by atoms with van der Waals surface area (Å²) < 4.78 is 1.53. The molecule has 3 aromatic rings. The maximum absolute atomic E-state index is 12.3. The Morgan fingerprint density at radius 1 is 1.19 bits per heavy atom. The third-order valence-corrected chi connectivity index (χ3v) is 4.75. The van der Waals surface area contributed by atoms with Gasteiger partial charge in [0, 0.05) is 23.7 Å². The van der Waals surface area contributed by atoms with Crippen LogP contribution in [0.2, 0.25) is 5.02 Å². The lowest BCUT2D eigenvalue weighted by Crippen LogP contribution is -2.18. The zero-order valence-corrected chi connectivity index (χ0v) is 16.1. The second kappa shape index (κ2) is 7.84. The zero-order valence-electron chi connectivity index (χ0n) is 14.5. The summed E-state index contributed by atoms with van der Waals surface area (Å²) >= 11 is 7.33. The third-order valence-electron chi connectivity index (χ3n) is 3.32. The number of aromatic nitrogens is 5. The maximum Gasteiger partial charge on any atom is 0.252 e. The van der Waals surface area contributed by atoms with Gasteiger partial charge in [-0.3, -0.25) is 4.79 Å². The van der Waals surface area contributed by atoms with Crippen molar-refractivity contribution >= 4 is 35.1 Å². The molecule has 0 aliphatic carbocycles. The number of nitrogens with one attached hydrogen (secondary N) is 1. The number of aryl methyl sites for hydroxylation is 3. The lowest BCUT2D eigenvalue weighted by atomic mass is 10.4. The van der Waals surface area contributed by atoms with Gasteiger partial charge in [-0.05, 0) is 39.0 Å². The Kier molecular flexibility index (Phi) is 5.53. The highest BCUT2D eigenvalue weighted by molar-refractivity contribution is 8.00. The minimum absolute atomic E-state index is 0.175. The Morgan fingerprint density at radius 3 is 2.62 bits per heavy atom. The maximum atomic E-state index is 12.3. The van der Waals surface area contributed by atoms with E-state index in [9.17, 15) is 4.79 Å². The first-order valence-electron chi connectivity index (χ1n) is 7.85. The van der Waals surface area contributed by atoms with Gasteiger partial charge in [0.15, 0.2) is 0 Å². The molecule has 1 N–H and O–H groups in total. The van der Waals surface area contributed by atoms with Gasteiger partial charge in [0.05, 0.1) is 16.5 Å². The highest BCUT2D eigenvalue weighted by Crippen LogP contribution is 2.24. The van der Waals surface area contributed by atoms with Gasteiger partial charge < -0.3 is 5.32 Å². The van der Waals surface area contributed by atoms with Gasteiger partial charge in [0.25, 0.3) is 5.95 Å². The summed E-state index contributed by atoms with van der Waals surface area (Å²) in [5.41, 5.74) is 2.42. The summed E-state index contributed by atoms with van der Waals surface area (Å²) in [7, 11) is 0. The first kappa shape index (κ1) is 18.3. The lowest BCUT2D eigenvalue weighted by molar-refractivity contribution is -0.113. The number of hydrogen-bond acceptors (Lipinski definition) is 6. The van der Waals surface area contributed by atoms with Crippen molar-refractivity contribution in [2.24, 2.45) is 0 Å². The smallest absolute Gasteiger partial charge is 0.252 e. The van der Waals surface area contributed by atoms with E-state index in [-0.39, 0.29) is 11.7 Å². The molecule has 0 unspecified atom stereocenters. The summed E-state index contributed by atoms with van der Waals surface area (Å²) in [6.07, 6.45) is 1.64. The monoisotopic (exact) mass is 388 g/mol. The molecule has 1 amide bonds. The Bertz CT molecular complexity index is 938. The van der Waals surface area contributed by atoms with Crippen LogP contribution in [0.15, 0.2) is 35.5 Å². The van der Waals surface area contributed by atoms with Crippen LogP contribution in [-0.4, -0.2) is 36.4 Å². The predicted octanol–water partition coefficient (Wildman–Crippen LogP) is 3.37. The third kappa shape index (κ3) is 4.39. The van der Waals surface area contributed by atoms with Gasteiger partial charge >= 0.3 is 0 Å². The fourth-order valence-corrected chi connectivity index (χ4v) is 3.30. The van der Waals surface area contributed by atoms with Crippen molar-refractivity contribution in [1.29, 1.82) is 0 Å². The molecule has 0 fully saturated rings. The summed E-state index contributed by atoms with van der Waals surface area (Å²) in [5, 5.41) is 8.37. The Morgan fingerprint density at radius 2 is 1.92 bits per heavy atom. The standard InChI is InChI=1S/C17H17ClN6OS/c1-10-7-11(2)21-17(20-10)24-14(8-12(3)23-24)22-15(25)9-26-16-13(18)5-4-6-19-16/h4-8H,9H2,1-3H3,(H,22,25). The molecule has 0 bridgehead atoms. The first-order chi connectivity index (χ1) is 12.4. The number of amides is 1. The molecule has 7 nitrogen and oxygen atoms in total. The van der Waals surface area contributed by atoms with E-state index in [1.807, 2.05) is 26.8 Å². The molecule has 3 aromatic heterocycles. The number of carbonyl (C=O) groups excluding carboxylic acids is 1. The second-order valence-corrected chi connectivity index (χ2v) is 7.03. The van der Waals surface area contributed by atoms with Gasteiger partial charge in [0.1, 0.15) is 10.8 Å². The molecule has 0 radical (unpaired) electrons. The van der Waals surface area contributed by atoms with E-state index in [4.69, 9.17) is 11.6 Å². The molecule has 0 aliphatic heterocycles. The van der Waals surface area contributed by atoms with Crippen LogP contribution in [0.4, 0.5) is 5.82 Å². The number of rotatable bonds is 5. The van der Waals surface area contributed by atoms with E-state index in [0.717, 1.165) is 17.1 Å². The van der Waals surface area contributed by atoms with Crippen molar-refractivity contribution in [2.45, 2.75) is 25.8 Å². The Labute approximate surface area is 160 Å². The summed E-state index contributed by atoms with van der Waals surface area (Å²) in [6.45, 7) is 5.62. The van der Waals surface area contributed by atoms with Crippen molar-refractivity contribution < 1.29 is 4.79 Å². The van der Waals surface area contributed by atoms with Crippen molar-refractivity contribution in [3.63, 3.8) is 0 Å². The van der Waals surface area contributed by atoms with Gasteiger partial charge in [0.2, 0.25) is 5.91 Å². The Balaban J connectivity index is 1.76. The molecule has 0 atom stereocenters. The molecule has 0 aliphatic rings. The molecular weight excluding hydrogens is 372 g/mol. The van der Waals surface area contributed by atoms with Crippen molar-refractivity contribution in [3.05, 3.63) is 52.6 Å². The van der Waals surface area contributed by atoms with Gasteiger partial charge in [-0.2, -0.15) is 9.78 Å². The lowest BCUT2D eigenvalue weighted by Gasteiger charge is -2.09. The van der Waals surface area contributed by atoms with E-state index >= 15 is 0 Å². The van der Waals surface area contributed by atoms with Crippen LogP contribution in [0.1, 0.15) is 17.1 Å².